The van der Waals surface area contributed by atoms with Gasteiger partial charge in [-0.1, -0.05) is 50.6 Å². The molecule has 0 aliphatic heterocycles. The maximum atomic E-state index is 11.9. The summed E-state index contributed by atoms with van der Waals surface area (Å²) in [5, 5.41) is 23.7. The fourth-order valence-electron chi connectivity index (χ4n) is 2.18. The lowest BCUT2D eigenvalue weighted by atomic mass is 9.99. The summed E-state index contributed by atoms with van der Waals surface area (Å²) in [6.45, 7) is 3.47. The predicted molar refractivity (Wildman–Crippen MR) is 94.3 cm³/mol. The molecule has 1 aromatic rings. The van der Waals surface area contributed by atoms with Crippen LogP contribution in [0.4, 0.5) is 4.79 Å². The quantitative estimate of drug-likeness (QED) is 0.494. The Bertz CT molecular complexity index is 593. The van der Waals surface area contributed by atoms with Crippen LogP contribution in [0, 0.1) is 5.92 Å². The molecule has 3 atom stereocenters. The van der Waals surface area contributed by atoms with Crippen LogP contribution < -0.4 is 10.6 Å². The topological polar surface area (TPSA) is 125 Å². The van der Waals surface area contributed by atoms with E-state index in [2.05, 4.69) is 10.6 Å². The Labute approximate surface area is 152 Å². The Morgan fingerprint density at radius 2 is 1.85 bits per heavy atom. The fourth-order valence-corrected chi connectivity index (χ4v) is 2.18. The van der Waals surface area contributed by atoms with Gasteiger partial charge in [0.2, 0.25) is 5.91 Å². The molecule has 2 amide bonds. The molecule has 1 rings (SSSR count). The van der Waals surface area contributed by atoms with Crippen LogP contribution in [-0.4, -0.2) is 46.9 Å². The molecule has 0 aliphatic rings. The summed E-state index contributed by atoms with van der Waals surface area (Å²) in [4.78, 5) is 34.6. The average Bonchev–Trinajstić information content (AvgIpc) is 2.62. The summed E-state index contributed by atoms with van der Waals surface area (Å²) in [6, 6.07) is 8.10. The SMILES string of the molecule is CC[C@@H](C)[C@H](NC(=O)C[C@@H](O)CNC(=O)OCc1ccccc1)C(=O)O. The smallest absolute Gasteiger partial charge is 0.407 e. The molecule has 0 heterocycles. The van der Waals surface area contributed by atoms with Gasteiger partial charge >= 0.3 is 12.1 Å². The van der Waals surface area contributed by atoms with Gasteiger partial charge in [0.15, 0.2) is 0 Å². The molecule has 144 valence electrons. The number of carboxylic acid groups (broad SMARTS) is 1. The zero-order valence-corrected chi connectivity index (χ0v) is 15.0. The number of aliphatic hydroxyl groups excluding tert-OH is 1. The summed E-state index contributed by atoms with van der Waals surface area (Å²) in [5.41, 5.74) is 0.826. The maximum absolute atomic E-state index is 11.9. The maximum Gasteiger partial charge on any atom is 0.407 e. The highest BCUT2D eigenvalue weighted by molar-refractivity contribution is 5.84. The normalized spacial score (nSPS) is 14.0. The first-order valence-corrected chi connectivity index (χ1v) is 8.48. The van der Waals surface area contributed by atoms with E-state index in [1.165, 1.54) is 0 Å². The number of aliphatic hydroxyl groups is 1. The second-order valence-corrected chi connectivity index (χ2v) is 6.07. The minimum atomic E-state index is -1.15. The first-order chi connectivity index (χ1) is 12.3. The first kappa shape index (κ1) is 21.4. The van der Waals surface area contributed by atoms with E-state index in [0.717, 1.165) is 5.56 Å². The molecule has 1 aromatic carbocycles. The van der Waals surface area contributed by atoms with Gasteiger partial charge in [-0.25, -0.2) is 9.59 Å². The molecule has 4 N–H and O–H groups in total. The predicted octanol–water partition coefficient (Wildman–Crippen LogP) is 1.28. The molecule has 0 saturated carbocycles. The fraction of sp³-hybridized carbons (Fsp3) is 0.500. The second-order valence-electron chi connectivity index (χ2n) is 6.07. The molecule has 0 radical (unpaired) electrons. The number of rotatable bonds is 10. The summed E-state index contributed by atoms with van der Waals surface area (Å²) >= 11 is 0. The van der Waals surface area contributed by atoms with Crippen LogP contribution in [0.15, 0.2) is 30.3 Å². The van der Waals surface area contributed by atoms with Crippen molar-refractivity contribution in [2.75, 3.05) is 6.54 Å². The lowest BCUT2D eigenvalue weighted by Gasteiger charge is -2.21. The van der Waals surface area contributed by atoms with E-state index in [9.17, 15) is 19.5 Å². The van der Waals surface area contributed by atoms with Crippen LogP contribution in [0.3, 0.4) is 0 Å². The van der Waals surface area contributed by atoms with Gasteiger partial charge in [-0.2, -0.15) is 0 Å². The first-order valence-electron chi connectivity index (χ1n) is 8.48. The van der Waals surface area contributed by atoms with Crippen molar-refractivity contribution in [3.63, 3.8) is 0 Å². The van der Waals surface area contributed by atoms with Gasteiger partial charge in [-0.05, 0) is 11.5 Å². The largest absolute Gasteiger partial charge is 0.480 e. The zero-order chi connectivity index (χ0) is 19.5. The number of carboxylic acids is 1. The summed E-state index contributed by atoms with van der Waals surface area (Å²) in [5.74, 6) is -1.95. The van der Waals surface area contributed by atoms with Crippen molar-refractivity contribution >= 4 is 18.0 Å². The molecular formula is C18H26N2O6. The van der Waals surface area contributed by atoms with Gasteiger partial charge in [0.25, 0.3) is 0 Å². The van der Waals surface area contributed by atoms with E-state index in [0.29, 0.717) is 6.42 Å². The van der Waals surface area contributed by atoms with Gasteiger partial charge in [0.05, 0.1) is 12.5 Å². The number of hydrogen-bond donors (Lipinski definition) is 4. The zero-order valence-electron chi connectivity index (χ0n) is 15.0. The Morgan fingerprint density at radius 1 is 1.19 bits per heavy atom. The van der Waals surface area contributed by atoms with Crippen molar-refractivity contribution in [2.24, 2.45) is 5.92 Å². The average molecular weight is 366 g/mol. The molecule has 0 aliphatic carbocycles. The van der Waals surface area contributed by atoms with Crippen molar-refractivity contribution in [1.29, 1.82) is 0 Å². The van der Waals surface area contributed by atoms with E-state index in [1.807, 2.05) is 37.3 Å². The summed E-state index contributed by atoms with van der Waals surface area (Å²) in [7, 11) is 0. The number of amides is 2. The molecule has 0 saturated heterocycles. The highest BCUT2D eigenvalue weighted by Gasteiger charge is 2.26. The highest BCUT2D eigenvalue weighted by Crippen LogP contribution is 2.08. The Hall–Kier alpha value is -2.61. The Morgan fingerprint density at radius 3 is 2.42 bits per heavy atom. The van der Waals surface area contributed by atoms with E-state index < -0.39 is 30.1 Å². The number of aliphatic carboxylic acids is 1. The minimum Gasteiger partial charge on any atom is -0.480 e. The van der Waals surface area contributed by atoms with Crippen LogP contribution in [0.1, 0.15) is 32.3 Å². The molecule has 0 bridgehead atoms. The van der Waals surface area contributed by atoms with Gasteiger partial charge in [-0.3, -0.25) is 4.79 Å². The molecule has 0 aromatic heterocycles. The van der Waals surface area contributed by atoms with Crippen molar-refractivity contribution in [3.05, 3.63) is 35.9 Å². The third kappa shape index (κ3) is 7.98. The van der Waals surface area contributed by atoms with Crippen LogP contribution in [-0.2, 0) is 20.9 Å². The number of alkyl carbamates (subject to hydrolysis) is 1. The van der Waals surface area contributed by atoms with Gasteiger partial charge in [-0.15, -0.1) is 0 Å². The van der Waals surface area contributed by atoms with Crippen molar-refractivity contribution in [2.45, 2.75) is 45.4 Å². The standard InChI is InChI=1S/C18H26N2O6/c1-3-12(2)16(17(23)24)20-15(22)9-14(21)10-19-18(25)26-11-13-7-5-4-6-8-13/h4-8,12,14,16,21H,3,9-11H2,1-2H3,(H,19,25)(H,20,22)(H,23,24)/t12-,14-,16+/m1/s1. The third-order valence-corrected chi connectivity index (χ3v) is 3.91. The van der Waals surface area contributed by atoms with Gasteiger partial charge in [0, 0.05) is 6.54 Å². The Kier molecular flexibility index (Phi) is 9.14. The van der Waals surface area contributed by atoms with E-state index in [4.69, 9.17) is 9.84 Å². The minimum absolute atomic E-state index is 0.0957. The highest BCUT2D eigenvalue weighted by atomic mass is 16.5. The lowest BCUT2D eigenvalue weighted by Crippen LogP contribution is -2.46. The lowest BCUT2D eigenvalue weighted by molar-refractivity contribution is -0.143. The molecule has 26 heavy (non-hydrogen) atoms. The molecule has 8 heteroatoms. The number of carbonyl (C=O) groups is 3. The van der Waals surface area contributed by atoms with Crippen molar-refractivity contribution < 1.29 is 29.3 Å². The monoisotopic (exact) mass is 366 g/mol. The molecule has 8 nitrogen and oxygen atoms in total. The number of ether oxygens (including phenoxy) is 1. The van der Waals surface area contributed by atoms with Crippen LogP contribution in [0.25, 0.3) is 0 Å². The number of benzene rings is 1. The van der Waals surface area contributed by atoms with Crippen molar-refractivity contribution in [3.8, 4) is 0 Å². The van der Waals surface area contributed by atoms with Gasteiger partial charge in [0.1, 0.15) is 12.6 Å². The second kappa shape index (κ2) is 11.1. The number of carbonyl (C=O) groups excluding carboxylic acids is 2. The number of nitrogens with one attached hydrogen (secondary N) is 2. The van der Waals surface area contributed by atoms with E-state index >= 15 is 0 Å². The third-order valence-electron chi connectivity index (χ3n) is 3.91. The number of hydrogen-bond acceptors (Lipinski definition) is 5. The van der Waals surface area contributed by atoms with Crippen LogP contribution >= 0.6 is 0 Å². The molecule has 0 unspecified atom stereocenters. The van der Waals surface area contributed by atoms with Crippen LogP contribution in [0.2, 0.25) is 0 Å². The van der Waals surface area contributed by atoms with E-state index in [-0.39, 0.29) is 25.5 Å². The Balaban J connectivity index is 2.31. The molecule has 0 fully saturated rings. The van der Waals surface area contributed by atoms with Crippen LogP contribution in [0.5, 0.6) is 0 Å². The summed E-state index contributed by atoms with van der Waals surface area (Å²) < 4.78 is 4.99. The molecular weight excluding hydrogens is 340 g/mol. The molecule has 0 spiro atoms. The van der Waals surface area contributed by atoms with Gasteiger partial charge < -0.3 is 25.6 Å². The van der Waals surface area contributed by atoms with E-state index in [1.54, 1.807) is 6.92 Å². The van der Waals surface area contributed by atoms with Crippen molar-refractivity contribution in [1.82, 2.24) is 10.6 Å². The summed E-state index contributed by atoms with van der Waals surface area (Å²) in [6.07, 6.45) is -1.59.